The smallest absolute Gasteiger partial charge is 0.158 e. The number of fused-ring (bicyclic) bond motifs is 1. The molecule has 0 amide bonds. The van der Waals surface area contributed by atoms with Crippen LogP contribution in [0.15, 0.2) is 18.2 Å². The van der Waals surface area contributed by atoms with Crippen LogP contribution in [-0.4, -0.2) is 33.4 Å². The largest absolute Gasteiger partial charge is 0.490 e. The highest BCUT2D eigenvalue weighted by Gasteiger charge is 2.31. The zero-order valence-corrected chi connectivity index (χ0v) is 11.5. The first kappa shape index (κ1) is 12.4. The molecule has 0 radical (unpaired) electrons. The highest BCUT2D eigenvalue weighted by molar-refractivity contribution is 5.66. The SMILES string of the molecule is CN1CCCOc2c(C#CC3(C)COC3)cccc21. The molecular weight excluding hydrogens is 238 g/mol. The van der Waals surface area contributed by atoms with Crippen molar-refractivity contribution in [1.29, 1.82) is 0 Å². The van der Waals surface area contributed by atoms with Gasteiger partial charge in [-0.2, -0.15) is 0 Å². The van der Waals surface area contributed by atoms with Crippen LogP contribution in [0.3, 0.4) is 0 Å². The van der Waals surface area contributed by atoms with Crippen LogP contribution < -0.4 is 9.64 Å². The predicted molar refractivity (Wildman–Crippen MR) is 75.6 cm³/mol. The van der Waals surface area contributed by atoms with E-state index in [9.17, 15) is 0 Å². The second kappa shape index (κ2) is 4.79. The lowest BCUT2D eigenvalue weighted by atomic mass is 9.89. The molecule has 3 rings (SSSR count). The second-order valence-corrected chi connectivity index (χ2v) is 5.58. The highest BCUT2D eigenvalue weighted by atomic mass is 16.5. The topological polar surface area (TPSA) is 21.7 Å². The van der Waals surface area contributed by atoms with Gasteiger partial charge < -0.3 is 14.4 Å². The molecule has 1 saturated heterocycles. The van der Waals surface area contributed by atoms with Crippen molar-refractivity contribution in [1.82, 2.24) is 0 Å². The van der Waals surface area contributed by atoms with Crippen LogP contribution in [0.5, 0.6) is 5.75 Å². The number of ether oxygens (including phenoxy) is 2. The van der Waals surface area contributed by atoms with Crippen molar-refractivity contribution in [2.75, 3.05) is 38.3 Å². The molecule has 2 heterocycles. The van der Waals surface area contributed by atoms with E-state index in [0.717, 1.165) is 49.8 Å². The van der Waals surface area contributed by atoms with Crippen LogP contribution in [0.4, 0.5) is 5.69 Å². The van der Waals surface area contributed by atoms with Gasteiger partial charge in [-0.25, -0.2) is 0 Å². The summed E-state index contributed by atoms with van der Waals surface area (Å²) in [5, 5.41) is 0. The Morgan fingerprint density at radius 2 is 2.16 bits per heavy atom. The second-order valence-electron chi connectivity index (χ2n) is 5.58. The van der Waals surface area contributed by atoms with Crippen LogP contribution in [0.1, 0.15) is 18.9 Å². The third-order valence-electron chi connectivity index (χ3n) is 3.63. The number of hydrogen-bond donors (Lipinski definition) is 0. The molecule has 1 aromatic carbocycles. The van der Waals surface area contributed by atoms with E-state index in [-0.39, 0.29) is 5.41 Å². The van der Waals surface area contributed by atoms with E-state index < -0.39 is 0 Å². The molecule has 2 aliphatic heterocycles. The molecule has 0 saturated carbocycles. The van der Waals surface area contributed by atoms with Crippen molar-refractivity contribution in [3.05, 3.63) is 23.8 Å². The summed E-state index contributed by atoms with van der Waals surface area (Å²) in [6.07, 6.45) is 1.05. The average molecular weight is 257 g/mol. The van der Waals surface area contributed by atoms with E-state index in [2.05, 4.69) is 36.8 Å². The molecule has 1 fully saturated rings. The van der Waals surface area contributed by atoms with Gasteiger partial charge in [0.25, 0.3) is 0 Å². The fraction of sp³-hybridized carbons (Fsp3) is 0.500. The number of hydrogen-bond acceptors (Lipinski definition) is 3. The molecule has 0 atom stereocenters. The summed E-state index contributed by atoms with van der Waals surface area (Å²) in [4.78, 5) is 2.24. The Hall–Kier alpha value is -1.66. The molecule has 0 aliphatic carbocycles. The van der Waals surface area contributed by atoms with Crippen LogP contribution in [0.2, 0.25) is 0 Å². The van der Waals surface area contributed by atoms with E-state index >= 15 is 0 Å². The number of anilines is 1. The lowest BCUT2D eigenvalue weighted by Crippen LogP contribution is -2.38. The summed E-state index contributed by atoms with van der Waals surface area (Å²) >= 11 is 0. The first-order chi connectivity index (χ1) is 9.18. The Labute approximate surface area is 114 Å². The third kappa shape index (κ3) is 2.41. The molecule has 2 aliphatic rings. The van der Waals surface area contributed by atoms with Crippen LogP contribution in [-0.2, 0) is 4.74 Å². The van der Waals surface area contributed by atoms with Gasteiger partial charge in [0.15, 0.2) is 5.75 Å². The number of para-hydroxylation sites is 1. The third-order valence-corrected chi connectivity index (χ3v) is 3.63. The van der Waals surface area contributed by atoms with Crippen molar-refractivity contribution in [3.8, 4) is 17.6 Å². The van der Waals surface area contributed by atoms with Crippen molar-refractivity contribution in [3.63, 3.8) is 0 Å². The molecule has 0 bridgehead atoms. The summed E-state index contributed by atoms with van der Waals surface area (Å²) < 4.78 is 11.1. The highest BCUT2D eigenvalue weighted by Crippen LogP contribution is 2.33. The van der Waals surface area contributed by atoms with Crippen LogP contribution >= 0.6 is 0 Å². The quantitative estimate of drug-likeness (QED) is 0.666. The zero-order valence-electron chi connectivity index (χ0n) is 11.5. The number of nitrogens with zero attached hydrogens (tertiary/aromatic N) is 1. The molecule has 3 nitrogen and oxygen atoms in total. The minimum Gasteiger partial charge on any atom is -0.490 e. The van der Waals surface area contributed by atoms with Gasteiger partial charge in [-0.3, -0.25) is 0 Å². The maximum atomic E-state index is 5.89. The van der Waals surface area contributed by atoms with Gasteiger partial charge in [-0.15, -0.1) is 0 Å². The summed E-state index contributed by atoms with van der Waals surface area (Å²) in [5.74, 6) is 7.53. The summed E-state index contributed by atoms with van der Waals surface area (Å²) in [5.41, 5.74) is 2.14. The number of rotatable bonds is 0. The van der Waals surface area contributed by atoms with E-state index in [0.29, 0.717) is 0 Å². The van der Waals surface area contributed by atoms with Gasteiger partial charge in [0.2, 0.25) is 0 Å². The summed E-state index contributed by atoms with van der Waals surface area (Å²) in [6.45, 7) is 5.38. The van der Waals surface area contributed by atoms with Gasteiger partial charge in [-0.1, -0.05) is 17.9 Å². The number of benzene rings is 1. The van der Waals surface area contributed by atoms with Crippen molar-refractivity contribution >= 4 is 5.69 Å². The molecule has 100 valence electrons. The van der Waals surface area contributed by atoms with Gasteiger partial charge in [0.1, 0.15) is 0 Å². The van der Waals surface area contributed by atoms with Gasteiger partial charge >= 0.3 is 0 Å². The van der Waals surface area contributed by atoms with Crippen LogP contribution in [0, 0.1) is 17.3 Å². The Morgan fingerprint density at radius 3 is 2.89 bits per heavy atom. The molecule has 0 N–H and O–H groups in total. The standard InChI is InChI=1S/C16H19NO2/c1-16(11-18-12-16)8-7-13-5-3-6-14-15(13)19-10-4-9-17(14)2/h3,5-6H,4,9-12H2,1-2H3. The van der Waals surface area contributed by atoms with Gasteiger partial charge in [0.05, 0.1) is 36.5 Å². The molecule has 0 unspecified atom stereocenters. The van der Waals surface area contributed by atoms with E-state index in [1.165, 1.54) is 0 Å². The monoisotopic (exact) mass is 257 g/mol. The zero-order chi connectivity index (χ0) is 13.3. The average Bonchev–Trinajstić information content (AvgIpc) is 2.57. The van der Waals surface area contributed by atoms with E-state index in [1.54, 1.807) is 0 Å². The molecule has 3 heteroatoms. The lowest BCUT2D eigenvalue weighted by Gasteiger charge is -2.32. The Balaban J connectivity index is 1.96. The maximum Gasteiger partial charge on any atom is 0.158 e. The van der Waals surface area contributed by atoms with Crippen molar-refractivity contribution in [2.24, 2.45) is 5.41 Å². The van der Waals surface area contributed by atoms with E-state index in [4.69, 9.17) is 9.47 Å². The minimum atomic E-state index is 0.0132. The normalized spacial score (nSPS) is 20.2. The molecular formula is C16H19NO2. The molecule has 0 aromatic heterocycles. The summed E-state index contributed by atoms with van der Waals surface area (Å²) in [7, 11) is 2.10. The van der Waals surface area contributed by atoms with E-state index in [1.807, 2.05) is 12.1 Å². The minimum absolute atomic E-state index is 0.0132. The fourth-order valence-electron chi connectivity index (χ4n) is 2.37. The van der Waals surface area contributed by atoms with Gasteiger partial charge in [-0.05, 0) is 25.5 Å². The Morgan fingerprint density at radius 1 is 1.32 bits per heavy atom. The maximum absolute atomic E-state index is 5.89. The first-order valence-electron chi connectivity index (χ1n) is 6.76. The molecule has 1 aromatic rings. The Kier molecular flexibility index (Phi) is 3.12. The Bertz CT molecular complexity index is 537. The van der Waals surface area contributed by atoms with Gasteiger partial charge in [0, 0.05) is 13.6 Å². The first-order valence-corrected chi connectivity index (χ1v) is 6.76. The van der Waals surface area contributed by atoms with Crippen molar-refractivity contribution < 1.29 is 9.47 Å². The fourth-order valence-corrected chi connectivity index (χ4v) is 2.37. The summed E-state index contributed by atoms with van der Waals surface area (Å²) in [6, 6.07) is 6.18. The molecule has 0 spiro atoms. The molecule has 19 heavy (non-hydrogen) atoms. The predicted octanol–water partition coefficient (Wildman–Crippen LogP) is 2.29. The lowest BCUT2D eigenvalue weighted by molar-refractivity contribution is -0.0648. The van der Waals surface area contributed by atoms with Crippen molar-refractivity contribution in [2.45, 2.75) is 13.3 Å². The van der Waals surface area contributed by atoms with Crippen LogP contribution in [0.25, 0.3) is 0 Å².